The molecule has 1 spiro atoms. The van der Waals surface area contributed by atoms with Crippen LogP contribution in [0.4, 0.5) is 0 Å². The number of sulfonamides is 1. The molecule has 0 bridgehead atoms. The molecule has 1 aliphatic heterocycles. The van der Waals surface area contributed by atoms with Crippen molar-refractivity contribution in [1.29, 1.82) is 0 Å². The summed E-state index contributed by atoms with van der Waals surface area (Å²) in [5, 5.41) is 3.90. The number of carbonyl (C=O) groups is 3. The summed E-state index contributed by atoms with van der Waals surface area (Å²) >= 11 is 0. The van der Waals surface area contributed by atoms with Crippen LogP contribution in [0.3, 0.4) is 0 Å². The van der Waals surface area contributed by atoms with E-state index in [0.717, 1.165) is 33.8 Å². The zero-order valence-electron chi connectivity index (χ0n) is 26.7. The Kier molecular flexibility index (Phi) is 10.6. The average molecular weight is 674 g/mol. The topological polar surface area (TPSA) is 155 Å². The van der Waals surface area contributed by atoms with Gasteiger partial charge in [0.25, 0.3) is 0 Å². The molecule has 13 heteroatoms. The van der Waals surface area contributed by atoms with Gasteiger partial charge < -0.3 is 25.7 Å². The number of aromatic amines is 1. The molecular formula is C33H44ClN5O6S. The summed E-state index contributed by atoms with van der Waals surface area (Å²) in [4.78, 5) is 44.5. The third-order valence-electron chi connectivity index (χ3n) is 9.16. The second-order valence-corrected chi connectivity index (χ2v) is 14.8. The average Bonchev–Trinajstić information content (AvgIpc) is 3.54. The number of esters is 1. The minimum atomic E-state index is -3.74. The summed E-state index contributed by atoms with van der Waals surface area (Å²) in [6.07, 6.45) is 5.01. The highest BCUT2D eigenvalue weighted by atomic mass is 35.5. The van der Waals surface area contributed by atoms with Crippen LogP contribution in [0, 0.1) is 0 Å². The number of rotatable bonds is 10. The SMILES string of the molecule is CCOC(=O)CN(C1CC2(CCN(C(=O)[C@@H](Cc3c[nH]c4ccccc34)NC(=O)C(C)(C)N)CC2)c2ccccc21)S(C)(=O)=O.Cl. The Morgan fingerprint density at radius 3 is 2.43 bits per heavy atom. The molecule has 250 valence electrons. The number of para-hydroxylation sites is 1. The number of nitrogens with one attached hydrogen (secondary N) is 2. The monoisotopic (exact) mass is 673 g/mol. The lowest BCUT2D eigenvalue weighted by molar-refractivity contribution is -0.143. The summed E-state index contributed by atoms with van der Waals surface area (Å²) in [6.45, 7) is 5.57. The van der Waals surface area contributed by atoms with E-state index in [9.17, 15) is 22.8 Å². The minimum absolute atomic E-state index is 0. The Morgan fingerprint density at radius 2 is 1.78 bits per heavy atom. The van der Waals surface area contributed by atoms with Crippen molar-refractivity contribution in [3.63, 3.8) is 0 Å². The van der Waals surface area contributed by atoms with Crippen LogP contribution in [0.25, 0.3) is 10.9 Å². The summed E-state index contributed by atoms with van der Waals surface area (Å²) < 4.78 is 32.2. The number of piperidine rings is 1. The Labute approximate surface area is 276 Å². The van der Waals surface area contributed by atoms with Crippen molar-refractivity contribution >= 4 is 51.1 Å². The van der Waals surface area contributed by atoms with Crippen molar-refractivity contribution in [2.24, 2.45) is 5.73 Å². The predicted octanol–water partition coefficient (Wildman–Crippen LogP) is 3.18. The zero-order chi connectivity index (χ0) is 32.6. The second-order valence-electron chi connectivity index (χ2n) is 12.8. The number of halogens is 1. The number of fused-ring (bicyclic) bond motifs is 3. The number of hydrogen-bond acceptors (Lipinski definition) is 7. The molecule has 4 N–H and O–H groups in total. The molecule has 2 aromatic carbocycles. The third kappa shape index (κ3) is 7.25. The largest absolute Gasteiger partial charge is 0.465 e. The number of ether oxygens (including phenoxy) is 1. The van der Waals surface area contributed by atoms with Gasteiger partial charge in [-0.1, -0.05) is 42.5 Å². The van der Waals surface area contributed by atoms with E-state index in [1.165, 1.54) is 4.31 Å². The number of carbonyl (C=O) groups excluding carboxylic acids is 3. The van der Waals surface area contributed by atoms with Gasteiger partial charge in [-0.15, -0.1) is 12.4 Å². The molecule has 0 radical (unpaired) electrons. The maximum absolute atomic E-state index is 14.1. The van der Waals surface area contributed by atoms with Crippen molar-refractivity contribution in [1.82, 2.24) is 19.5 Å². The van der Waals surface area contributed by atoms with Gasteiger partial charge in [-0.05, 0) is 62.8 Å². The van der Waals surface area contributed by atoms with Crippen LogP contribution in [0.1, 0.15) is 62.8 Å². The maximum Gasteiger partial charge on any atom is 0.321 e. The van der Waals surface area contributed by atoms with Crippen LogP contribution in [0.5, 0.6) is 0 Å². The summed E-state index contributed by atoms with van der Waals surface area (Å²) in [5.74, 6) is -1.19. The standard InChI is InChI=1S/C33H43N5O6S.ClH/c1-5-44-29(39)21-38(45(4,42)43)28-19-33(25-12-8-6-11-24(25)28)14-16-37(17-15-33)30(40)27(36-31(41)32(2,3)34)18-22-20-35-26-13-9-7-10-23(22)26;/h6-13,20,27-28,35H,5,14-19,21,34H2,1-4H3,(H,36,41);1H/t27-,28?;/m1./s1. The number of benzene rings is 2. The van der Waals surface area contributed by atoms with Gasteiger partial charge in [-0.3, -0.25) is 14.4 Å². The van der Waals surface area contributed by atoms with Gasteiger partial charge in [0.1, 0.15) is 12.6 Å². The molecule has 5 rings (SSSR count). The minimum Gasteiger partial charge on any atom is -0.465 e. The van der Waals surface area contributed by atoms with Gasteiger partial charge in [-0.25, -0.2) is 8.42 Å². The Bertz CT molecular complexity index is 1690. The summed E-state index contributed by atoms with van der Waals surface area (Å²) in [6, 6.07) is 14.3. The molecule has 3 aromatic rings. The first kappa shape index (κ1) is 35.4. The van der Waals surface area contributed by atoms with Crippen molar-refractivity contribution in [2.75, 3.05) is 32.5 Å². The first-order valence-electron chi connectivity index (χ1n) is 15.4. The fourth-order valence-corrected chi connectivity index (χ4v) is 7.81. The van der Waals surface area contributed by atoms with E-state index >= 15 is 0 Å². The molecule has 0 saturated carbocycles. The highest BCUT2D eigenvalue weighted by Crippen LogP contribution is 2.53. The summed E-state index contributed by atoms with van der Waals surface area (Å²) in [7, 11) is -3.74. The molecule has 1 aliphatic carbocycles. The Balaban J connectivity index is 0.00000480. The van der Waals surface area contributed by atoms with Crippen LogP contribution >= 0.6 is 12.4 Å². The van der Waals surface area contributed by atoms with Gasteiger partial charge >= 0.3 is 5.97 Å². The van der Waals surface area contributed by atoms with Crippen LogP contribution in [-0.4, -0.2) is 84.5 Å². The van der Waals surface area contributed by atoms with Gasteiger partial charge in [-0.2, -0.15) is 4.31 Å². The van der Waals surface area contributed by atoms with Gasteiger partial charge in [0.2, 0.25) is 21.8 Å². The molecule has 46 heavy (non-hydrogen) atoms. The fourth-order valence-electron chi connectivity index (χ4n) is 6.82. The number of H-pyrrole nitrogens is 1. The Hall–Kier alpha value is -3.45. The molecule has 2 atom stereocenters. The molecule has 1 fully saturated rings. The molecule has 2 aliphatic rings. The zero-order valence-corrected chi connectivity index (χ0v) is 28.4. The van der Waals surface area contributed by atoms with E-state index in [2.05, 4.69) is 10.3 Å². The van der Waals surface area contributed by atoms with Crippen LogP contribution in [0.15, 0.2) is 54.7 Å². The molecule has 1 unspecified atom stereocenters. The molecule has 11 nitrogen and oxygen atoms in total. The van der Waals surface area contributed by atoms with Crippen molar-refractivity contribution in [3.8, 4) is 0 Å². The molecule has 1 aromatic heterocycles. The fraction of sp³-hybridized carbons (Fsp3) is 0.485. The normalized spacial score (nSPS) is 18.2. The number of aromatic nitrogens is 1. The van der Waals surface area contributed by atoms with Gasteiger partial charge in [0.05, 0.1) is 24.4 Å². The summed E-state index contributed by atoms with van der Waals surface area (Å²) in [5.41, 5.74) is 8.35. The van der Waals surface area contributed by atoms with Crippen molar-refractivity contribution in [2.45, 2.75) is 69.5 Å². The number of nitrogens with two attached hydrogens (primary N) is 1. The van der Waals surface area contributed by atoms with Crippen molar-refractivity contribution in [3.05, 3.63) is 71.4 Å². The molecule has 2 amide bonds. The van der Waals surface area contributed by atoms with E-state index in [0.29, 0.717) is 38.8 Å². The highest BCUT2D eigenvalue weighted by molar-refractivity contribution is 7.88. The van der Waals surface area contributed by atoms with E-state index < -0.39 is 39.5 Å². The first-order valence-corrected chi connectivity index (χ1v) is 17.2. The van der Waals surface area contributed by atoms with Crippen LogP contribution < -0.4 is 11.1 Å². The highest BCUT2D eigenvalue weighted by Gasteiger charge is 2.49. The second kappa shape index (κ2) is 13.7. The van der Waals surface area contributed by atoms with E-state index in [1.807, 2.05) is 54.7 Å². The number of nitrogens with zero attached hydrogens (tertiary/aromatic N) is 2. The molecule has 2 heterocycles. The van der Waals surface area contributed by atoms with E-state index in [4.69, 9.17) is 10.5 Å². The number of hydrogen-bond donors (Lipinski definition) is 3. The lowest BCUT2D eigenvalue weighted by Gasteiger charge is -2.42. The molecular weight excluding hydrogens is 630 g/mol. The lowest BCUT2D eigenvalue weighted by Crippen LogP contribution is -2.58. The van der Waals surface area contributed by atoms with Crippen LogP contribution in [-0.2, 0) is 41.0 Å². The lowest BCUT2D eigenvalue weighted by atomic mass is 9.73. The predicted molar refractivity (Wildman–Crippen MR) is 179 cm³/mol. The van der Waals surface area contributed by atoms with E-state index in [-0.39, 0.29) is 36.9 Å². The van der Waals surface area contributed by atoms with Gasteiger partial charge in [0, 0.05) is 42.0 Å². The smallest absolute Gasteiger partial charge is 0.321 e. The number of amides is 2. The van der Waals surface area contributed by atoms with Crippen molar-refractivity contribution < 1.29 is 27.5 Å². The van der Waals surface area contributed by atoms with Crippen LogP contribution in [0.2, 0.25) is 0 Å². The third-order valence-corrected chi connectivity index (χ3v) is 10.4. The number of likely N-dealkylation sites (tertiary alicyclic amines) is 1. The Morgan fingerprint density at radius 1 is 1.13 bits per heavy atom. The first-order chi connectivity index (χ1) is 21.2. The van der Waals surface area contributed by atoms with E-state index in [1.54, 1.807) is 25.7 Å². The molecule has 1 saturated heterocycles. The van der Waals surface area contributed by atoms with Gasteiger partial charge in [0.15, 0.2) is 0 Å². The quantitative estimate of drug-likeness (QED) is 0.279. The maximum atomic E-state index is 14.1.